The van der Waals surface area contributed by atoms with Gasteiger partial charge >= 0.3 is 0 Å². The Kier molecular flexibility index (Phi) is 4.65. The molecule has 1 aromatic heterocycles. The number of aromatic nitrogens is 2. The Morgan fingerprint density at radius 2 is 2.14 bits per heavy atom. The first-order valence-corrected chi connectivity index (χ1v) is 7.70. The van der Waals surface area contributed by atoms with Gasteiger partial charge in [-0.2, -0.15) is 5.10 Å². The van der Waals surface area contributed by atoms with Crippen LogP contribution in [0.4, 0.5) is 5.82 Å². The van der Waals surface area contributed by atoms with Crippen molar-refractivity contribution in [3.8, 4) is 0 Å². The lowest BCUT2D eigenvalue weighted by Gasteiger charge is -2.09. The van der Waals surface area contributed by atoms with Gasteiger partial charge in [-0.3, -0.25) is 4.79 Å². The van der Waals surface area contributed by atoms with E-state index in [9.17, 15) is 4.79 Å². The summed E-state index contributed by atoms with van der Waals surface area (Å²) in [5, 5.41) is 15.0. The van der Waals surface area contributed by atoms with Crippen molar-refractivity contribution in [2.45, 2.75) is 25.3 Å². The van der Waals surface area contributed by atoms with E-state index in [-0.39, 0.29) is 18.4 Å². The first-order valence-electron chi connectivity index (χ1n) is 7.32. The first-order chi connectivity index (χ1) is 10.7. The van der Waals surface area contributed by atoms with Crippen molar-refractivity contribution in [2.24, 2.45) is 0 Å². The highest BCUT2D eigenvalue weighted by atomic mass is 35.5. The Hall–Kier alpha value is -1.98. The summed E-state index contributed by atoms with van der Waals surface area (Å²) in [5.74, 6) is 0.299. The number of halogens is 1. The highest BCUT2D eigenvalue weighted by Gasteiger charge is 2.17. The molecule has 0 saturated carbocycles. The molecule has 2 N–H and O–H groups in total. The molecular formula is C16H17ClN4O. The van der Waals surface area contributed by atoms with Crippen molar-refractivity contribution in [1.82, 2.24) is 15.5 Å². The Morgan fingerprint density at radius 3 is 2.82 bits per heavy atom. The summed E-state index contributed by atoms with van der Waals surface area (Å²) in [6.45, 7) is 1.02. The van der Waals surface area contributed by atoms with Crippen LogP contribution in [0.3, 0.4) is 0 Å². The molecule has 1 atom stereocenters. The molecule has 0 spiro atoms. The summed E-state index contributed by atoms with van der Waals surface area (Å²) < 4.78 is 0. The molecule has 0 bridgehead atoms. The lowest BCUT2D eigenvalue weighted by atomic mass is 10.1. The Morgan fingerprint density at radius 1 is 1.27 bits per heavy atom. The van der Waals surface area contributed by atoms with Gasteiger partial charge < -0.3 is 10.6 Å². The number of hydrogen-bond donors (Lipinski definition) is 2. The zero-order chi connectivity index (χ0) is 15.4. The van der Waals surface area contributed by atoms with E-state index in [1.165, 1.54) is 0 Å². The molecule has 1 unspecified atom stereocenters. The fourth-order valence-corrected chi connectivity index (χ4v) is 2.74. The zero-order valence-corrected chi connectivity index (χ0v) is 12.8. The van der Waals surface area contributed by atoms with Crippen LogP contribution in [0.5, 0.6) is 0 Å². The maximum Gasteiger partial charge on any atom is 0.230 e. The predicted octanol–water partition coefficient (Wildman–Crippen LogP) is 2.74. The van der Waals surface area contributed by atoms with Crippen LogP contribution in [-0.2, 0) is 11.2 Å². The second-order valence-corrected chi connectivity index (χ2v) is 5.72. The number of nitrogens with one attached hydrogen (secondary N) is 2. The maximum absolute atomic E-state index is 12.0. The summed E-state index contributed by atoms with van der Waals surface area (Å²) in [7, 11) is 0. The third-order valence-corrected chi connectivity index (χ3v) is 4.05. The van der Waals surface area contributed by atoms with Gasteiger partial charge in [-0.1, -0.05) is 29.8 Å². The third kappa shape index (κ3) is 3.61. The quantitative estimate of drug-likeness (QED) is 0.910. The average molecular weight is 317 g/mol. The van der Waals surface area contributed by atoms with Crippen LogP contribution in [0.15, 0.2) is 36.4 Å². The van der Waals surface area contributed by atoms with E-state index in [4.69, 9.17) is 11.6 Å². The van der Waals surface area contributed by atoms with E-state index < -0.39 is 0 Å². The van der Waals surface area contributed by atoms with Crippen molar-refractivity contribution in [3.63, 3.8) is 0 Å². The van der Waals surface area contributed by atoms with Gasteiger partial charge in [0.25, 0.3) is 0 Å². The molecule has 1 aromatic carbocycles. The molecule has 22 heavy (non-hydrogen) atoms. The largest absolute Gasteiger partial charge is 0.309 e. The molecule has 1 aliphatic rings. The van der Waals surface area contributed by atoms with E-state index in [0.717, 1.165) is 30.6 Å². The predicted molar refractivity (Wildman–Crippen MR) is 85.8 cm³/mol. The van der Waals surface area contributed by atoms with Crippen LogP contribution in [0.25, 0.3) is 0 Å². The summed E-state index contributed by atoms with van der Waals surface area (Å²) >= 11 is 6.05. The second kappa shape index (κ2) is 6.85. The minimum absolute atomic E-state index is 0.158. The monoisotopic (exact) mass is 316 g/mol. The number of benzene rings is 1. The van der Waals surface area contributed by atoms with Crippen molar-refractivity contribution in [1.29, 1.82) is 0 Å². The number of hydrogen-bond acceptors (Lipinski definition) is 4. The topological polar surface area (TPSA) is 66.9 Å². The number of carbonyl (C=O) groups excluding carboxylic acids is 1. The van der Waals surface area contributed by atoms with Gasteiger partial charge in [-0.15, -0.1) is 5.10 Å². The van der Waals surface area contributed by atoms with Crippen LogP contribution in [-0.4, -0.2) is 22.6 Å². The molecule has 0 radical (unpaired) electrons. The van der Waals surface area contributed by atoms with Crippen LogP contribution in [0, 0.1) is 0 Å². The fraction of sp³-hybridized carbons (Fsp3) is 0.312. The zero-order valence-electron chi connectivity index (χ0n) is 12.1. The number of amides is 1. The molecule has 2 heterocycles. The molecule has 5 nitrogen and oxygen atoms in total. The third-order valence-electron chi connectivity index (χ3n) is 3.68. The Balaban J connectivity index is 1.60. The van der Waals surface area contributed by atoms with E-state index in [1.807, 2.05) is 24.3 Å². The molecule has 6 heteroatoms. The lowest BCUT2D eigenvalue weighted by molar-refractivity contribution is -0.115. The highest BCUT2D eigenvalue weighted by molar-refractivity contribution is 6.31. The number of carbonyl (C=O) groups is 1. The van der Waals surface area contributed by atoms with Gasteiger partial charge in [0.05, 0.1) is 18.2 Å². The van der Waals surface area contributed by atoms with Gasteiger partial charge in [0.1, 0.15) is 0 Å². The van der Waals surface area contributed by atoms with Crippen LogP contribution in [0.1, 0.15) is 30.1 Å². The molecule has 0 aliphatic carbocycles. The lowest BCUT2D eigenvalue weighted by Crippen LogP contribution is -2.18. The van der Waals surface area contributed by atoms with Crippen molar-refractivity contribution < 1.29 is 4.79 Å². The second-order valence-electron chi connectivity index (χ2n) is 5.31. The van der Waals surface area contributed by atoms with E-state index >= 15 is 0 Å². The minimum Gasteiger partial charge on any atom is -0.309 e. The normalized spacial score (nSPS) is 17.4. The molecule has 1 saturated heterocycles. The molecule has 1 amide bonds. The summed E-state index contributed by atoms with van der Waals surface area (Å²) in [5.41, 5.74) is 1.71. The summed E-state index contributed by atoms with van der Waals surface area (Å²) in [6, 6.07) is 11.3. The number of anilines is 1. The molecule has 114 valence electrons. The molecule has 1 aliphatic heterocycles. The van der Waals surface area contributed by atoms with Crippen LogP contribution in [0.2, 0.25) is 5.02 Å². The minimum atomic E-state index is -0.158. The van der Waals surface area contributed by atoms with Gasteiger partial charge in [0, 0.05) is 5.02 Å². The molecule has 2 aromatic rings. The molecular weight excluding hydrogens is 300 g/mol. The van der Waals surface area contributed by atoms with Gasteiger partial charge in [-0.25, -0.2) is 0 Å². The fourth-order valence-electron chi connectivity index (χ4n) is 2.53. The number of nitrogens with zero attached hydrogens (tertiary/aromatic N) is 2. The Bertz CT molecular complexity index is 653. The molecule has 1 fully saturated rings. The highest BCUT2D eigenvalue weighted by Crippen LogP contribution is 2.21. The van der Waals surface area contributed by atoms with Crippen LogP contribution >= 0.6 is 11.6 Å². The van der Waals surface area contributed by atoms with Crippen molar-refractivity contribution in [3.05, 3.63) is 52.7 Å². The van der Waals surface area contributed by atoms with Crippen molar-refractivity contribution >= 4 is 23.3 Å². The van der Waals surface area contributed by atoms with Crippen LogP contribution < -0.4 is 10.6 Å². The standard InChI is InChI=1S/C16H17ClN4O/c17-12-5-2-1-4-11(12)10-16(22)19-15-8-7-14(20-21-15)13-6-3-9-18-13/h1-2,4-5,7-8,13,18H,3,6,9-10H2,(H,19,21,22). The van der Waals surface area contributed by atoms with E-state index in [0.29, 0.717) is 10.8 Å². The molecule has 3 rings (SSSR count). The first kappa shape index (κ1) is 14.9. The van der Waals surface area contributed by atoms with Gasteiger partial charge in [-0.05, 0) is 43.1 Å². The van der Waals surface area contributed by atoms with E-state index in [2.05, 4.69) is 20.8 Å². The summed E-state index contributed by atoms with van der Waals surface area (Å²) in [6.07, 6.45) is 2.45. The number of rotatable bonds is 4. The average Bonchev–Trinajstić information content (AvgIpc) is 3.05. The van der Waals surface area contributed by atoms with Crippen molar-refractivity contribution in [2.75, 3.05) is 11.9 Å². The smallest absolute Gasteiger partial charge is 0.230 e. The SMILES string of the molecule is O=C(Cc1ccccc1Cl)Nc1ccc(C2CCCN2)nn1. The maximum atomic E-state index is 12.0. The van der Waals surface area contributed by atoms with E-state index in [1.54, 1.807) is 12.1 Å². The summed E-state index contributed by atoms with van der Waals surface area (Å²) in [4.78, 5) is 12.0. The Labute approximate surface area is 134 Å². The van der Waals surface area contributed by atoms with Gasteiger partial charge in [0.15, 0.2) is 5.82 Å². The van der Waals surface area contributed by atoms with Gasteiger partial charge in [0.2, 0.25) is 5.91 Å².